The summed E-state index contributed by atoms with van der Waals surface area (Å²) >= 11 is 3.58. The molecule has 0 saturated heterocycles. The number of halogens is 1. The van der Waals surface area contributed by atoms with Crippen LogP contribution in [-0.4, -0.2) is 31.2 Å². The molecule has 17 heavy (non-hydrogen) atoms. The van der Waals surface area contributed by atoms with Crippen LogP contribution < -0.4 is 5.73 Å². The molecule has 0 radical (unpaired) electrons. The molecule has 0 aromatic heterocycles. The minimum absolute atomic E-state index is 0.745. The lowest BCUT2D eigenvalue weighted by atomic mass is 10.2. The third kappa shape index (κ3) is 3.69. The molecule has 0 atom stereocenters. The van der Waals surface area contributed by atoms with Crippen LogP contribution in [0.5, 0.6) is 0 Å². The predicted octanol–water partition coefficient (Wildman–Crippen LogP) is 2.64. The summed E-state index contributed by atoms with van der Waals surface area (Å²) in [5, 5.41) is 0. The van der Waals surface area contributed by atoms with Gasteiger partial charge in [-0.2, -0.15) is 0 Å². The number of nitrogens with zero attached hydrogens (tertiary/aromatic N) is 1. The van der Waals surface area contributed by atoms with Crippen molar-refractivity contribution in [1.82, 2.24) is 4.90 Å². The van der Waals surface area contributed by atoms with Crippen LogP contribution in [0.4, 0.5) is 5.69 Å². The molecule has 0 unspecified atom stereocenters. The number of anilines is 1. The maximum atomic E-state index is 5.75. The molecule has 3 nitrogen and oxygen atoms in total. The fourth-order valence-electron chi connectivity index (χ4n) is 1.95. The first kappa shape index (κ1) is 12.9. The van der Waals surface area contributed by atoms with Crippen molar-refractivity contribution in [3.8, 4) is 0 Å². The highest BCUT2D eigenvalue weighted by molar-refractivity contribution is 9.10. The molecule has 1 aromatic rings. The van der Waals surface area contributed by atoms with Crippen LogP contribution in [-0.2, 0) is 11.3 Å². The molecule has 1 aliphatic rings. The van der Waals surface area contributed by atoms with E-state index in [1.807, 2.05) is 12.1 Å². The molecule has 0 spiro atoms. The number of hydrogen-bond acceptors (Lipinski definition) is 3. The zero-order valence-electron chi connectivity index (χ0n) is 10.2. The molecule has 2 N–H and O–H groups in total. The van der Waals surface area contributed by atoms with Gasteiger partial charge in [0.2, 0.25) is 0 Å². The van der Waals surface area contributed by atoms with Crippen LogP contribution >= 0.6 is 15.9 Å². The molecule has 2 rings (SSSR count). The van der Waals surface area contributed by atoms with E-state index in [2.05, 4.69) is 26.9 Å². The first-order valence-corrected chi connectivity index (χ1v) is 6.77. The van der Waals surface area contributed by atoms with E-state index in [9.17, 15) is 0 Å². The Bertz CT molecular complexity index is 380. The van der Waals surface area contributed by atoms with Crippen LogP contribution in [0.15, 0.2) is 22.7 Å². The molecule has 0 amide bonds. The van der Waals surface area contributed by atoms with Gasteiger partial charge in [0.15, 0.2) is 0 Å². The van der Waals surface area contributed by atoms with Gasteiger partial charge in [0, 0.05) is 36.4 Å². The number of rotatable bonds is 6. The Morgan fingerprint density at radius 3 is 2.82 bits per heavy atom. The quantitative estimate of drug-likeness (QED) is 0.821. The van der Waals surface area contributed by atoms with Gasteiger partial charge in [0.25, 0.3) is 0 Å². The van der Waals surface area contributed by atoms with Crippen molar-refractivity contribution in [1.29, 1.82) is 0 Å². The monoisotopic (exact) mass is 298 g/mol. The second-order valence-electron chi connectivity index (χ2n) is 4.55. The van der Waals surface area contributed by atoms with Gasteiger partial charge in [-0.1, -0.05) is 22.0 Å². The van der Waals surface area contributed by atoms with Gasteiger partial charge in [-0.05, 0) is 30.5 Å². The molecule has 4 heteroatoms. The summed E-state index contributed by atoms with van der Waals surface area (Å²) in [5.74, 6) is 0. The highest BCUT2D eigenvalue weighted by Gasteiger charge is 2.28. The molecule has 1 aliphatic carbocycles. The van der Waals surface area contributed by atoms with E-state index in [1.165, 1.54) is 18.4 Å². The second-order valence-corrected chi connectivity index (χ2v) is 5.40. The van der Waals surface area contributed by atoms with Gasteiger partial charge >= 0.3 is 0 Å². The average Bonchev–Trinajstić information content (AvgIpc) is 3.11. The van der Waals surface area contributed by atoms with Crippen molar-refractivity contribution in [3.63, 3.8) is 0 Å². The summed E-state index contributed by atoms with van der Waals surface area (Å²) in [4.78, 5) is 2.49. The van der Waals surface area contributed by atoms with Crippen LogP contribution in [0.25, 0.3) is 0 Å². The summed E-state index contributed by atoms with van der Waals surface area (Å²) in [6.45, 7) is 2.76. The minimum atomic E-state index is 0.745. The Labute approximate surface area is 111 Å². The largest absolute Gasteiger partial charge is 0.399 e. The highest BCUT2D eigenvalue weighted by atomic mass is 79.9. The van der Waals surface area contributed by atoms with E-state index in [0.717, 1.165) is 35.9 Å². The normalized spacial score (nSPS) is 15.5. The Kier molecular flexibility index (Phi) is 4.42. The Hall–Kier alpha value is -0.580. The number of benzene rings is 1. The Morgan fingerprint density at radius 1 is 1.47 bits per heavy atom. The lowest BCUT2D eigenvalue weighted by molar-refractivity contribution is 0.139. The average molecular weight is 299 g/mol. The van der Waals surface area contributed by atoms with Crippen molar-refractivity contribution in [2.24, 2.45) is 0 Å². The van der Waals surface area contributed by atoms with E-state index in [4.69, 9.17) is 10.5 Å². The number of ether oxygens (including phenoxy) is 1. The summed E-state index contributed by atoms with van der Waals surface area (Å²) in [7, 11) is 1.75. The number of nitrogens with two attached hydrogens (primary N) is 1. The molecule has 0 bridgehead atoms. The fraction of sp³-hybridized carbons (Fsp3) is 0.538. The van der Waals surface area contributed by atoms with Crippen LogP contribution in [0.3, 0.4) is 0 Å². The van der Waals surface area contributed by atoms with Crippen molar-refractivity contribution < 1.29 is 4.74 Å². The van der Waals surface area contributed by atoms with Crippen molar-refractivity contribution in [2.75, 3.05) is 26.0 Å². The molecular weight excluding hydrogens is 280 g/mol. The van der Waals surface area contributed by atoms with Gasteiger partial charge in [0.1, 0.15) is 0 Å². The third-order valence-corrected chi connectivity index (χ3v) is 3.83. The standard InChI is InChI=1S/C13H19BrN2O/c1-17-7-6-16(12-4-5-12)9-10-2-3-11(15)8-13(10)14/h2-3,8,12H,4-7,9,15H2,1H3. The summed E-state index contributed by atoms with van der Waals surface area (Å²) in [6, 6.07) is 6.77. The summed E-state index contributed by atoms with van der Waals surface area (Å²) in [5.41, 5.74) is 7.84. The van der Waals surface area contributed by atoms with Crippen LogP contribution in [0.2, 0.25) is 0 Å². The smallest absolute Gasteiger partial charge is 0.0589 e. The molecule has 94 valence electrons. The van der Waals surface area contributed by atoms with Gasteiger partial charge < -0.3 is 10.5 Å². The van der Waals surface area contributed by atoms with Gasteiger partial charge in [-0.25, -0.2) is 0 Å². The van der Waals surface area contributed by atoms with Crippen LogP contribution in [0.1, 0.15) is 18.4 Å². The number of methoxy groups -OCH3 is 1. The van der Waals surface area contributed by atoms with Crippen molar-refractivity contribution in [3.05, 3.63) is 28.2 Å². The maximum absolute atomic E-state index is 5.75. The lowest BCUT2D eigenvalue weighted by Gasteiger charge is -2.22. The fourth-order valence-corrected chi connectivity index (χ4v) is 2.47. The van der Waals surface area contributed by atoms with Gasteiger partial charge in [-0.15, -0.1) is 0 Å². The zero-order valence-corrected chi connectivity index (χ0v) is 11.7. The summed E-state index contributed by atoms with van der Waals surface area (Å²) < 4.78 is 6.26. The van der Waals surface area contributed by atoms with Crippen molar-refractivity contribution >= 4 is 21.6 Å². The first-order chi connectivity index (χ1) is 8.20. The minimum Gasteiger partial charge on any atom is -0.399 e. The SMILES string of the molecule is COCCN(Cc1ccc(N)cc1Br)C1CC1. The van der Waals surface area contributed by atoms with E-state index in [-0.39, 0.29) is 0 Å². The highest BCUT2D eigenvalue weighted by Crippen LogP contribution is 2.30. The van der Waals surface area contributed by atoms with E-state index in [1.54, 1.807) is 7.11 Å². The number of hydrogen-bond donors (Lipinski definition) is 1. The number of nitrogen functional groups attached to an aromatic ring is 1. The van der Waals surface area contributed by atoms with E-state index < -0.39 is 0 Å². The predicted molar refractivity (Wildman–Crippen MR) is 73.9 cm³/mol. The Balaban J connectivity index is 2.00. The third-order valence-electron chi connectivity index (χ3n) is 3.10. The summed E-state index contributed by atoms with van der Waals surface area (Å²) in [6.07, 6.45) is 2.63. The van der Waals surface area contributed by atoms with Crippen LogP contribution in [0, 0.1) is 0 Å². The first-order valence-electron chi connectivity index (χ1n) is 5.97. The van der Waals surface area contributed by atoms with E-state index >= 15 is 0 Å². The van der Waals surface area contributed by atoms with Gasteiger partial charge in [-0.3, -0.25) is 4.90 Å². The second kappa shape index (κ2) is 5.85. The molecule has 1 fully saturated rings. The Morgan fingerprint density at radius 2 is 2.24 bits per heavy atom. The molecule has 0 heterocycles. The molecular formula is C13H19BrN2O. The maximum Gasteiger partial charge on any atom is 0.0589 e. The lowest BCUT2D eigenvalue weighted by Crippen LogP contribution is -2.29. The topological polar surface area (TPSA) is 38.5 Å². The molecule has 1 aromatic carbocycles. The zero-order chi connectivity index (χ0) is 12.3. The van der Waals surface area contributed by atoms with E-state index in [0.29, 0.717) is 0 Å². The molecule has 0 aliphatic heterocycles. The van der Waals surface area contributed by atoms with Crippen molar-refractivity contribution in [2.45, 2.75) is 25.4 Å². The van der Waals surface area contributed by atoms with Gasteiger partial charge in [0.05, 0.1) is 6.61 Å². The molecule has 1 saturated carbocycles.